The molecule has 0 aromatic heterocycles. The topological polar surface area (TPSA) is 113 Å². The number of nitrogens with one attached hydrogen (secondary N) is 3. The van der Waals surface area contributed by atoms with Crippen molar-refractivity contribution in [3.05, 3.63) is 105 Å². The van der Waals surface area contributed by atoms with Crippen LogP contribution in [0.1, 0.15) is 15.9 Å². The summed E-state index contributed by atoms with van der Waals surface area (Å²) >= 11 is 10.8. The second-order valence-electron chi connectivity index (χ2n) is 6.79. The monoisotopic (exact) mass is 498 g/mol. The molecule has 0 fully saturated rings. The second kappa shape index (κ2) is 11.1. The minimum absolute atomic E-state index is 0.0171. The zero-order valence-electron chi connectivity index (χ0n) is 17.2. The number of nitro groups is 1. The molecular formula is C23H16ClFN4O4S. The number of thiocarbonyl (C=S) groups is 1. The van der Waals surface area contributed by atoms with Gasteiger partial charge in [0.1, 0.15) is 5.82 Å². The van der Waals surface area contributed by atoms with Crippen LogP contribution in [0.25, 0.3) is 6.08 Å². The minimum Gasteiger partial charge on any atom is -0.332 e. The summed E-state index contributed by atoms with van der Waals surface area (Å²) in [5.41, 5.74) is 1.44. The van der Waals surface area contributed by atoms with Crippen LogP contribution in [0.4, 0.5) is 21.5 Å². The summed E-state index contributed by atoms with van der Waals surface area (Å²) in [5.74, 6) is -1.60. The first-order valence-corrected chi connectivity index (χ1v) is 10.4. The van der Waals surface area contributed by atoms with Crippen molar-refractivity contribution in [3.8, 4) is 0 Å². The van der Waals surface area contributed by atoms with Crippen molar-refractivity contribution in [3.63, 3.8) is 0 Å². The average Bonchev–Trinajstić information content (AvgIpc) is 2.80. The molecule has 0 saturated carbocycles. The standard InChI is InChI=1S/C23H16ClFN4O4S/c24-19-13-17(8-9-20(19)25)26-22(31)15-4-2-5-16(12-15)27-23(34)28-21(30)10-7-14-3-1-6-18(11-14)29(32)33/h1-13H,(H,26,31)(H2,27,28,30,34)/b10-7+. The van der Waals surface area contributed by atoms with E-state index >= 15 is 0 Å². The molecule has 0 heterocycles. The number of nitrogens with zero attached hydrogens (tertiary/aromatic N) is 1. The summed E-state index contributed by atoms with van der Waals surface area (Å²) in [6.45, 7) is 0. The number of nitro benzene ring substituents is 1. The molecule has 0 atom stereocenters. The molecule has 3 aromatic carbocycles. The zero-order valence-corrected chi connectivity index (χ0v) is 18.8. The molecule has 0 aliphatic rings. The van der Waals surface area contributed by atoms with E-state index in [9.17, 15) is 24.1 Å². The molecule has 0 spiro atoms. The fraction of sp³-hybridized carbons (Fsp3) is 0. The quantitative estimate of drug-likeness (QED) is 0.187. The third-order valence-electron chi connectivity index (χ3n) is 4.31. The number of benzene rings is 3. The van der Waals surface area contributed by atoms with Gasteiger partial charge in [-0.2, -0.15) is 0 Å². The van der Waals surface area contributed by atoms with Crippen LogP contribution in [0, 0.1) is 15.9 Å². The number of carbonyl (C=O) groups is 2. The SMILES string of the molecule is O=C(/C=C/c1cccc([N+](=O)[O-])c1)NC(=S)Nc1cccc(C(=O)Nc2ccc(F)c(Cl)c2)c1. The Morgan fingerprint density at radius 1 is 1.00 bits per heavy atom. The first-order valence-electron chi connectivity index (χ1n) is 9.62. The summed E-state index contributed by atoms with van der Waals surface area (Å²) < 4.78 is 13.3. The molecule has 0 radical (unpaired) electrons. The fourth-order valence-corrected chi connectivity index (χ4v) is 3.14. The van der Waals surface area contributed by atoms with Gasteiger partial charge in [0.25, 0.3) is 11.6 Å². The van der Waals surface area contributed by atoms with E-state index in [1.165, 1.54) is 48.6 Å². The Labute approximate surface area is 203 Å². The number of anilines is 2. The van der Waals surface area contributed by atoms with Gasteiger partial charge in [-0.15, -0.1) is 0 Å². The molecule has 3 aromatic rings. The largest absolute Gasteiger partial charge is 0.332 e. The molecule has 0 bridgehead atoms. The van der Waals surface area contributed by atoms with Crippen molar-refractivity contribution >= 4 is 63.9 Å². The Hall–Kier alpha value is -4.15. The van der Waals surface area contributed by atoms with Crippen molar-refractivity contribution in [1.82, 2.24) is 5.32 Å². The lowest BCUT2D eigenvalue weighted by Gasteiger charge is -2.10. The van der Waals surface area contributed by atoms with Gasteiger partial charge in [-0.05, 0) is 60.3 Å². The molecule has 11 heteroatoms. The van der Waals surface area contributed by atoms with Crippen LogP contribution in [-0.4, -0.2) is 21.9 Å². The maximum absolute atomic E-state index is 13.3. The van der Waals surface area contributed by atoms with Crippen molar-refractivity contribution in [2.45, 2.75) is 0 Å². The molecule has 172 valence electrons. The third kappa shape index (κ3) is 6.92. The summed E-state index contributed by atoms with van der Waals surface area (Å²) in [4.78, 5) is 34.9. The molecule has 0 saturated heterocycles. The molecule has 2 amide bonds. The van der Waals surface area contributed by atoms with Gasteiger partial charge < -0.3 is 10.6 Å². The molecule has 0 aliphatic heterocycles. The van der Waals surface area contributed by atoms with Crippen LogP contribution in [-0.2, 0) is 4.79 Å². The second-order valence-corrected chi connectivity index (χ2v) is 7.61. The maximum atomic E-state index is 13.3. The number of rotatable bonds is 6. The first kappa shape index (κ1) is 24.5. The van der Waals surface area contributed by atoms with E-state index in [0.717, 1.165) is 6.07 Å². The van der Waals surface area contributed by atoms with Crippen LogP contribution >= 0.6 is 23.8 Å². The number of hydrogen-bond acceptors (Lipinski definition) is 5. The van der Waals surface area contributed by atoms with Crippen molar-refractivity contribution in [1.29, 1.82) is 0 Å². The molecule has 34 heavy (non-hydrogen) atoms. The highest BCUT2D eigenvalue weighted by molar-refractivity contribution is 7.80. The predicted molar refractivity (Wildman–Crippen MR) is 132 cm³/mol. The van der Waals surface area contributed by atoms with Gasteiger partial charge in [0.05, 0.1) is 9.95 Å². The highest BCUT2D eigenvalue weighted by atomic mass is 35.5. The van der Waals surface area contributed by atoms with Crippen molar-refractivity contribution in [2.75, 3.05) is 10.6 Å². The van der Waals surface area contributed by atoms with E-state index in [1.807, 2.05) is 0 Å². The van der Waals surface area contributed by atoms with E-state index < -0.39 is 22.6 Å². The summed E-state index contributed by atoms with van der Waals surface area (Å²) in [7, 11) is 0. The fourth-order valence-electron chi connectivity index (χ4n) is 2.75. The summed E-state index contributed by atoms with van der Waals surface area (Å²) in [6.07, 6.45) is 2.60. The van der Waals surface area contributed by atoms with Gasteiger partial charge in [0, 0.05) is 35.1 Å². The minimum atomic E-state index is -0.596. The smallest absolute Gasteiger partial charge is 0.270 e. The number of amides is 2. The van der Waals surface area contributed by atoms with Crippen LogP contribution in [0.5, 0.6) is 0 Å². The van der Waals surface area contributed by atoms with Crippen LogP contribution < -0.4 is 16.0 Å². The number of halogens is 2. The highest BCUT2D eigenvalue weighted by Gasteiger charge is 2.10. The van der Waals surface area contributed by atoms with Gasteiger partial charge >= 0.3 is 0 Å². The molecule has 0 aliphatic carbocycles. The summed E-state index contributed by atoms with van der Waals surface area (Å²) in [6, 6.07) is 16.0. The Bertz CT molecular complexity index is 1320. The normalized spacial score (nSPS) is 10.5. The number of hydrogen-bond donors (Lipinski definition) is 3. The van der Waals surface area contributed by atoms with E-state index in [0.29, 0.717) is 16.9 Å². The van der Waals surface area contributed by atoms with Crippen LogP contribution in [0.3, 0.4) is 0 Å². The lowest BCUT2D eigenvalue weighted by Crippen LogP contribution is -2.32. The molecule has 0 unspecified atom stereocenters. The number of non-ortho nitro benzene ring substituents is 1. The van der Waals surface area contributed by atoms with Crippen LogP contribution in [0.2, 0.25) is 5.02 Å². The summed E-state index contributed by atoms with van der Waals surface area (Å²) in [5, 5.41) is 18.5. The molecule has 3 N–H and O–H groups in total. The Balaban J connectivity index is 1.58. The van der Waals surface area contributed by atoms with E-state index in [2.05, 4.69) is 16.0 Å². The Morgan fingerprint density at radius 2 is 1.74 bits per heavy atom. The first-order chi connectivity index (χ1) is 16.2. The maximum Gasteiger partial charge on any atom is 0.270 e. The van der Waals surface area contributed by atoms with E-state index in [-0.39, 0.29) is 21.4 Å². The third-order valence-corrected chi connectivity index (χ3v) is 4.80. The van der Waals surface area contributed by atoms with Crippen LogP contribution in [0.15, 0.2) is 72.8 Å². The zero-order chi connectivity index (χ0) is 24.7. The Morgan fingerprint density at radius 3 is 2.47 bits per heavy atom. The lowest BCUT2D eigenvalue weighted by molar-refractivity contribution is -0.384. The van der Waals surface area contributed by atoms with Gasteiger partial charge in [-0.3, -0.25) is 25.0 Å². The number of carbonyl (C=O) groups excluding carboxylic acids is 2. The molecule has 3 rings (SSSR count). The van der Waals surface area contributed by atoms with Gasteiger partial charge in [0.15, 0.2) is 5.11 Å². The Kier molecular flexibility index (Phi) is 8.01. The molecular weight excluding hydrogens is 483 g/mol. The van der Waals surface area contributed by atoms with Crippen molar-refractivity contribution in [2.24, 2.45) is 0 Å². The van der Waals surface area contributed by atoms with Gasteiger partial charge in [-0.25, -0.2) is 4.39 Å². The predicted octanol–water partition coefficient (Wildman–Crippen LogP) is 5.17. The van der Waals surface area contributed by atoms with E-state index in [1.54, 1.807) is 24.3 Å². The van der Waals surface area contributed by atoms with Crippen molar-refractivity contribution < 1.29 is 18.9 Å². The molecule has 8 nitrogen and oxygen atoms in total. The van der Waals surface area contributed by atoms with Gasteiger partial charge in [0.2, 0.25) is 5.91 Å². The van der Waals surface area contributed by atoms with E-state index in [4.69, 9.17) is 23.8 Å². The van der Waals surface area contributed by atoms with Gasteiger partial charge in [-0.1, -0.05) is 29.8 Å². The average molecular weight is 499 g/mol. The lowest BCUT2D eigenvalue weighted by atomic mass is 10.2. The highest BCUT2D eigenvalue weighted by Crippen LogP contribution is 2.20.